The Labute approximate surface area is 161 Å². The van der Waals surface area contributed by atoms with Gasteiger partial charge < -0.3 is 10.6 Å². The number of carbonyl (C=O) groups excluding carboxylic acids is 2. The second kappa shape index (κ2) is 8.00. The van der Waals surface area contributed by atoms with Crippen LogP contribution in [0.4, 0.5) is 0 Å². The predicted molar refractivity (Wildman–Crippen MR) is 104 cm³/mol. The molecule has 148 valence electrons. The molecule has 2 saturated carbocycles. The summed E-state index contributed by atoms with van der Waals surface area (Å²) in [5.74, 6) is 0.589. The fourth-order valence-electron chi connectivity index (χ4n) is 4.71. The van der Waals surface area contributed by atoms with Crippen LogP contribution in [0.1, 0.15) is 48.5 Å². The number of hydrogen-bond acceptors (Lipinski definition) is 4. The van der Waals surface area contributed by atoms with Crippen molar-refractivity contribution >= 4 is 21.7 Å². The molecule has 6 nitrogen and oxygen atoms in total. The smallest absolute Gasteiger partial charge is 0.251 e. The minimum atomic E-state index is -3.56. The molecule has 1 aromatic rings. The van der Waals surface area contributed by atoms with Crippen molar-refractivity contribution in [1.29, 1.82) is 0 Å². The fourth-order valence-corrected chi connectivity index (χ4v) is 6.00. The van der Waals surface area contributed by atoms with Crippen LogP contribution in [-0.2, 0) is 20.4 Å². The molecule has 4 atom stereocenters. The van der Waals surface area contributed by atoms with E-state index in [0.29, 0.717) is 23.0 Å². The van der Waals surface area contributed by atoms with Crippen LogP contribution in [0, 0.1) is 17.8 Å². The summed E-state index contributed by atoms with van der Waals surface area (Å²) in [5, 5.41) is 5.43. The Hall–Kier alpha value is -1.89. The molecule has 7 heteroatoms. The first-order valence-electron chi connectivity index (χ1n) is 9.58. The van der Waals surface area contributed by atoms with Gasteiger partial charge in [0.05, 0.1) is 5.75 Å². The molecule has 1 aromatic carbocycles. The molecule has 2 bridgehead atoms. The maximum absolute atomic E-state index is 12.4. The van der Waals surface area contributed by atoms with Crippen LogP contribution < -0.4 is 10.6 Å². The molecule has 2 aliphatic carbocycles. The van der Waals surface area contributed by atoms with E-state index in [4.69, 9.17) is 0 Å². The largest absolute Gasteiger partial charge is 0.355 e. The first kappa shape index (κ1) is 19.9. The number of fused-ring (bicyclic) bond motifs is 2. The van der Waals surface area contributed by atoms with Crippen molar-refractivity contribution in [3.63, 3.8) is 0 Å². The average Bonchev–Trinajstić information content (AvgIpc) is 3.24. The Kier molecular flexibility index (Phi) is 5.89. The van der Waals surface area contributed by atoms with Crippen LogP contribution in [0.25, 0.3) is 0 Å². The summed E-state index contributed by atoms with van der Waals surface area (Å²) >= 11 is 0. The van der Waals surface area contributed by atoms with Crippen LogP contribution in [0.5, 0.6) is 0 Å². The number of sulfone groups is 1. The lowest BCUT2D eigenvalue weighted by molar-refractivity contribution is -0.119. The monoisotopic (exact) mass is 392 g/mol. The lowest BCUT2D eigenvalue weighted by Gasteiger charge is -2.28. The summed E-state index contributed by atoms with van der Waals surface area (Å²) < 4.78 is 24.8. The maximum Gasteiger partial charge on any atom is 0.251 e. The highest BCUT2D eigenvalue weighted by atomic mass is 32.2. The summed E-state index contributed by atoms with van der Waals surface area (Å²) in [6.07, 6.45) is 4.95. The van der Waals surface area contributed by atoms with Crippen molar-refractivity contribution in [3.05, 3.63) is 35.4 Å². The number of nitrogens with one attached hydrogen (secondary N) is 2. The van der Waals surface area contributed by atoms with Gasteiger partial charge in [-0.25, -0.2) is 8.42 Å². The van der Waals surface area contributed by atoms with Gasteiger partial charge in [-0.3, -0.25) is 9.59 Å². The van der Waals surface area contributed by atoms with Crippen molar-refractivity contribution in [1.82, 2.24) is 10.6 Å². The third kappa shape index (κ3) is 4.89. The molecule has 0 heterocycles. The summed E-state index contributed by atoms with van der Waals surface area (Å²) in [7, 11) is -2.03. The van der Waals surface area contributed by atoms with Gasteiger partial charge in [-0.05, 0) is 61.6 Å². The standard InChI is InChI=1S/C20H28N2O4S/c1-13(18-10-15-5-8-17(18)9-15)22-19(23)12-27(25,26)11-14-3-6-16(7-4-14)20(24)21-2/h3-4,6-7,13,15,17-18H,5,8-12H2,1-2H3,(H,21,24)(H,22,23)/t13-,15-,17-,18+/m0/s1. The van der Waals surface area contributed by atoms with E-state index in [0.717, 1.165) is 12.3 Å². The molecular weight excluding hydrogens is 364 g/mol. The van der Waals surface area contributed by atoms with E-state index in [2.05, 4.69) is 10.6 Å². The predicted octanol–water partition coefficient (Wildman–Crippen LogP) is 1.90. The summed E-state index contributed by atoms with van der Waals surface area (Å²) in [5.41, 5.74) is 1.03. The van der Waals surface area contributed by atoms with Gasteiger partial charge in [0, 0.05) is 18.7 Å². The van der Waals surface area contributed by atoms with E-state index in [9.17, 15) is 18.0 Å². The minimum absolute atomic E-state index is 0.0230. The summed E-state index contributed by atoms with van der Waals surface area (Å²) in [4.78, 5) is 23.8. The van der Waals surface area contributed by atoms with Crippen molar-refractivity contribution < 1.29 is 18.0 Å². The molecule has 3 rings (SSSR count). The van der Waals surface area contributed by atoms with Gasteiger partial charge in [-0.15, -0.1) is 0 Å². The second-order valence-corrected chi connectivity index (χ2v) is 10.1. The Morgan fingerprint density at radius 2 is 1.85 bits per heavy atom. The second-order valence-electron chi connectivity index (χ2n) is 8.00. The molecule has 0 saturated heterocycles. The minimum Gasteiger partial charge on any atom is -0.355 e. The molecule has 0 spiro atoms. The topological polar surface area (TPSA) is 92.3 Å². The normalized spacial score (nSPS) is 25.2. The number of amides is 2. The lowest BCUT2D eigenvalue weighted by atomic mass is 9.84. The molecule has 0 aliphatic heterocycles. The summed E-state index contributed by atoms with van der Waals surface area (Å²) in [6, 6.07) is 6.41. The molecule has 2 aliphatic rings. The summed E-state index contributed by atoms with van der Waals surface area (Å²) in [6.45, 7) is 1.99. The third-order valence-corrected chi connectivity index (χ3v) is 7.48. The molecule has 2 N–H and O–H groups in total. The van der Waals surface area contributed by atoms with Crippen LogP contribution >= 0.6 is 0 Å². The van der Waals surface area contributed by atoms with Crippen LogP contribution in [-0.4, -0.2) is 39.1 Å². The lowest BCUT2D eigenvalue weighted by Crippen LogP contribution is -2.42. The van der Waals surface area contributed by atoms with E-state index in [1.807, 2.05) is 6.92 Å². The molecule has 27 heavy (non-hydrogen) atoms. The molecule has 2 amide bonds. The van der Waals surface area contributed by atoms with Crippen LogP contribution in [0.15, 0.2) is 24.3 Å². The Bertz CT molecular complexity index is 804. The van der Waals surface area contributed by atoms with Crippen molar-refractivity contribution in [2.75, 3.05) is 12.8 Å². The quantitative estimate of drug-likeness (QED) is 0.741. The van der Waals surface area contributed by atoms with Gasteiger partial charge in [-0.2, -0.15) is 0 Å². The van der Waals surface area contributed by atoms with Crippen molar-refractivity contribution in [3.8, 4) is 0 Å². The van der Waals surface area contributed by atoms with E-state index >= 15 is 0 Å². The number of benzene rings is 1. The first-order chi connectivity index (χ1) is 12.8. The molecule has 0 radical (unpaired) electrons. The van der Waals surface area contributed by atoms with Gasteiger partial charge in [0.15, 0.2) is 9.84 Å². The van der Waals surface area contributed by atoms with Gasteiger partial charge in [0.1, 0.15) is 5.75 Å². The number of carbonyl (C=O) groups is 2. The van der Waals surface area contributed by atoms with Gasteiger partial charge >= 0.3 is 0 Å². The van der Waals surface area contributed by atoms with Gasteiger partial charge in [0.25, 0.3) is 5.91 Å². The Balaban J connectivity index is 1.52. The zero-order valence-electron chi connectivity index (χ0n) is 15.9. The molecular formula is C20H28N2O4S. The number of rotatable bonds is 7. The maximum atomic E-state index is 12.4. The number of hydrogen-bond donors (Lipinski definition) is 2. The molecule has 0 aromatic heterocycles. The average molecular weight is 393 g/mol. The van der Waals surface area contributed by atoms with E-state index < -0.39 is 21.5 Å². The SMILES string of the molecule is CNC(=O)c1ccc(CS(=O)(=O)CC(=O)N[C@@H](C)[C@H]2C[C@H]3CC[C@H]2C3)cc1. The molecule has 2 fully saturated rings. The van der Waals surface area contributed by atoms with Crippen molar-refractivity contribution in [2.45, 2.75) is 44.4 Å². The zero-order valence-corrected chi connectivity index (χ0v) is 16.7. The van der Waals surface area contributed by atoms with E-state index in [-0.39, 0.29) is 17.7 Å². The van der Waals surface area contributed by atoms with E-state index in [1.54, 1.807) is 24.3 Å². The Morgan fingerprint density at radius 1 is 1.15 bits per heavy atom. The highest BCUT2D eigenvalue weighted by Crippen LogP contribution is 2.49. The van der Waals surface area contributed by atoms with Crippen LogP contribution in [0.2, 0.25) is 0 Å². The zero-order chi connectivity index (χ0) is 19.6. The highest BCUT2D eigenvalue weighted by Gasteiger charge is 2.42. The molecule has 0 unspecified atom stereocenters. The van der Waals surface area contributed by atoms with Crippen LogP contribution in [0.3, 0.4) is 0 Å². The van der Waals surface area contributed by atoms with E-state index in [1.165, 1.54) is 26.3 Å². The fraction of sp³-hybridized carbons (Fsp3) is 0.600. The van der Waals surface area contributed by atoms with Gasteiger partial charge in [0.2, 0.25) is 5.91 Å². The third-order valence-electron chi connectivity index (χ3n) is 6.00. The highest BCUT2D eigenvalue weighted by molar-refractivity contribution is 7.91. The Morgan fingerprint density at radius 3 is 2.41 bits per heavy atom. The van der Waals surface area contributed by atoms with Gasteiger partial charge in [-0.1, -0.05) is 18.6 Å². The first-order valence-corrected chi connectivity index (χ1v) is 11.4. The van der Waals surface area contributed by atoms with Crippen molar-refractivity contribution in [2.24, 2.45) is 17.8 Å².